The van der Waals surface area contributed by atoms with Crippen molar-refractivity contribution in [1.82, 2.24) is 4.98 Å². The lowest BCUT2D eigenvalue weighted by molar-refractivity contribution is 1.16. The number of aromatic nitrogens is 1. The van der Waals surface area contributed by atoms with Crippen LogP contribution in [0.5, 0.6) is 0 Å². The lowest BCUT2D eigenvalue weighted by Crippen LogP contribution is -1.83. The molecule has 0 N–H and O–H groups in total. The van der Waals surface area contributed by atoms with Crippen molar-refractivity contribution in [2.75, 3.05) is 0 Å². The first-order chi connectivity index (χ1) is 4.33. The fraction of sp³-hybridized carbons (Fsp3) is 0.143. The molecule has 2 nitrogen and oxygen atoms in total. The zero-order valence-corrected chi connectivity index (χ0v) is 5.05. The van der Waals surface area contributed by atoms with Gasteiger partial charge in [0.15, 0.2) is 0 Å². The minimum absolute atomic E-state index is 0.426. The average molecular weight is 117 g/mol. The van der Waals surface area contributed by atoms with Crippen LogP contribution in [0.25, 0.3) is 0 Å². The van der Waals surface area contributed by atoms with Gasteiger partial charge in [-0.25, -0.2) is 4.98 Å². The summed E-state index contributed by atoms with van der Waals surface area (Å²) in [6, 6.07) is 8.02. The van der Waals surface area contributed by atoms with Crippen LogP contribution in [-0.4, -0.2) is 4.98 Å². The third-order valence-electron chi connectivity index (χ3n) is 0.924. The van der Waals surface area contributed by atoms with Gasteiger partial charge in [-0.1, -0.05) is 0 Å². The van der Waals surface area contributed by atoms with E-state index in [4.69, 9.17) is 5.26 Å². The summed E-state index contributed by atoms with van der Waals surface area (Å²) in [4.78, 5) is 3.90. The van der Waals surface area contributed by atoms with Crippen molar-refractivity contribution >= 4 is 0 Å². The topological polar surface area (TPSA) is 36.7 Å². The van der Waals surface area contributed by atoms with Crippen LogP contribution in [-0.2, 0) is 0 Å². The monoisotopic (exact) mass is 117 g/mol. The van der Waals surface area contributed by atoms with Gasteiger partial charge in [-0.05, 0) is 25.1 Å². The van der Waals surface area contributed by atoms with Gasteiger partial charge in [0.1, 0.15) is 11.8 Å². The highest BCUT2D eigenvalue weighted by Crippen LogP contribution is 1.93. The maximum atomic E-state index is 8.33. The minimum Gasteiger partial charge on any atom is -0.242 e. The Hall–Kier alpha value is -1.36. The van der Waals surface area contributed by atoms with Crippen LogP contribution in [0, 0.1) is 24.3 Å². The predicted molar refractivity (Wildman–Crippen MR) is 32.5 cm³/mol. The molecule has 0 aliphatic rings. The molecule has 0 spiro atoms. The highest BCUT2D eigenvalue weighted by Gasteiger charge is 1.88. The second kappa shape index (κ2) is 2.27. The maximum absolute atomic E-state index is 8.33. The summed E-state index contributed by atoms with van der Waals surface area (Å²) in [6.45, 7) is 1.83. The quantitative estimate of drug-likeness (QED) is 0.509. The van der Waals surface area contributed by atoms with Gasteiger partial charge < -0.3 is 0 Å². The van der Waals surface area contributed by atoms with E-state index in [2.05, 4.69) is 11.1 Å². The number of pyridine rings is 1. The van der Waals surface area contributed by atoms with E-state index < -0.39 is 0 Å². The van der Waals surface area contributed by atoms with Crippen molar-refractivity contribution in [1.29, 1.82) is 5.26 Å². The lowest BCUT2D eigenvalue weighted by atomic mass is 10.3. The van der Waals surface area contributed by atoms with Gasteiger partial charge in [0.05, 0.1) is 0 Å². The van der Waals surface area contributed by atoms with E-state index in [1.807, 2.05) is 13.0 Å². The zero-order chi connectivity index (χ0) is 6.69. The number of hydrogen-bond acceptors (Lipinski definition) is 2. The van der Waals surface area contributed by atoms with Gasteiger partial charge >= 0.3 is 0 Å². The Labute approximate surface area is 53.8 Å². The van der Waals surface area contributed by atoms with Crippen LogP contribution in [0.15, 0.2) is 12.1 Å². The van der Waals surface area contributed by atoms with Crippen LogP contribution >= 0.6 is 0 Å². The summed E-state index contributed by atoms with van der Waals surface area (Å²) < 4.78 is 0. The molecule has 0 aliphatic carbocycles. The highest BCUT2D eigenvalue weighted by molar-refractivity contribution is 5.20. The Balaban J connectivity index is 3.12. The third kappa shape index (κ3) is 1.26. The molecular formula is C7H5N2. The number of rotatable bonds is 0. The van der Waals surface area contributed by atoms with E-state index in [9.17, 15) is 0 Å². The largest absolute Gasteiger partial charge is 0.242 e. The molecule has 1 aromatic rings. The van der Waals surface area contributed by atoms with Crippen LogP contribution in [0.3, 0.4) is 0 Å². The molecule has 0 bridgehead atoms. The Morgan fingerprint density at radius 3 is 2.89 bits per heavy atom. The molecule has 0 aliphatic heterocycles. The summed E-state index contributed by atoms with van der Waals surface area (Å²) in [5.41, 5.74) is 1.25. The van der Waals surface area contributed by atoms with E-state index in [0.717, 1.165) is 5.69 Å². The second-order valence-corrected chi connectivity index (χ2v) is 1.71. The SMILES string of the molecule is Cc1c[c]cc(C#N)n1. The third-order valence-corrected chi connectivity index (χ3v) is 0.924. The summed E-state index contributed by atoms with van der Waals surface area (Å²) in [6.07, 6.45) is 0. The van der Waals surface area contributed by atoms with E-state index in [0.29, 0.717) is 5.69 Å². The molecular weight excluding hydrogens is 112 g/mol. The first-order valence-corrected chi connectivity index (χ1v) is 2.58. The van der Waals surface area contributed by atoms with Crippen molar-refractivity contribution in [3.63, 3.8) is 0 Å². The van der Waals surface area contributed by atoms with Crippen LogP contribution in [0.1, 0.15) is 11.4 Å². The molecule has 0 saturated carbocycles. The first kappa shape index (κ1) is 5.77. The van der Waals surface area contributed by atoms with Gasteiger partial charge in [-0.15, -0.1) is 0 Å². The van der Waals surface area contributed by atoms with Crippen molar-refractivity contribution < 1.29 is 0 Å². The Morgan fingerprint density at radius 1 is 1.67 bits per heavy atom. The van der Waals surface area contributed by atoms with Crippen molar-refractivity contribution in [3.05, 3.63) is 29.6 Å². The second-order valence-electron chi connectivity index (χ2n) is 1.71. The summed E-state index contributed by atoms with van der Waals surface area (Å²) in [7, 11) is 0. The molecule has 2 heteroatoms. The smallest absolute Gasteiger partial charge is 0.141 e. The number of aryl methyl sites for hydroxylation is 1. The molecule has 0 atom stereocenters. The van der Waals surface area contributed by atoms with Crippen LogP contribution < -0.4 is 0 Å². The van der Waals surface area contributed by atoms with Crippen molar-refractivity contribution in [2.45, 2.75) is 6.92 Å². The van der Waals surface area contributed by atoms with E-state index in [-0.39, 0.29) is 0 Å². The van der Waals surface area contributed by atoms with E-state index in [1.165, 1.54) is 0 Å². The number of nitrogens with zero attached hydrogens (tertiary/aromatic N) is 2. The summed E-state index contributed by atoms with van der Waals surface area (Å²) in [5.74, 6) is 0. The molecule has 43 valence electrons. The predicted octanol–water partition coefficient (Wildman–Crippen LogP) is 1.06. The van der Waals surface area contributed by atoms with E-state index in [1.54, 1.807) is 12.1 Å². The Bertz CT molecular complexity index is 247. The first-order valence-electron chi connectivity index (χ1n) is 2.58. The van der Waals surface area contributed by atoms with Crippen LogP contribution in [0.4, 0.5) is 0 Å². The molecule has 1 radical (unpaired) electrons. The van der Waals surface area contributed by atoms with Gasteiger partial charge in [0.2, 0.25) is 0 Å². The molecule has 1 rings (SSSR count). The Kier molecular flexibility index (Phi) is 1.46. The van der Waals surface area contributed by atoms with Crippen LogP contribution in [0.2, 0.25) is 0 Å². The molecule has 1 aromatic heterocycles. The van der Waals surface area contributed by atoms with Gasteiger partial charge in [-0.2, -0.15) is 5.26 Å². The van der Waals surface area contributed by atoms with Gasteiger partial charge in [-0.3, -0.25) is 0 Å². The Morgan fingerprint density at radius 2 is 2.44 bits per heavy atom. The standard InChI is InChI=1S/C7H5N2/c1-6-3-2-4-7(5-8)9-6/h3-4H,1H3. The number of nitriles is 1. The lowest BCUT2D eigenvalue weighted by Gasteiger charge is -1.87. The van der Waals surface area contributed by atoms with Gasteiger partial charge in [0.25, 0.3) is 0 Å². The fourth-order valence-electron chi connectivity index (χ4n) is 0.553. The molecule has 0 unspecified atom stereocenters. The zero-order valence-electron chi connectivity index (χ0n) is 5.05. The molecule has 1 heterocycles. The maximum Gasteiger partial charge on any atom is 0.141 e. The molecule has 0 amide bonds. The molecule has 0 saturated heterocycles. The normalized spacial score (nSPS) is 8.44. The van der Waals surface area contributed by atoms with Crippen molar-refractivity contribution in [3.8, 4) is 6.07 Å². The average Bonchev–Trinajstić information content (AvgIpc) is 1.88. The van der Waals surface area contributed by atoms with E-state index >= 15 is 0 Å². The molecule has 0 fully saturated rings. The molecule has 0 aromatic carbocycles. The molecule has 9 heavy (non-hydrogen) atoms. The van der Waals surface area contributed by atoms with Crippen molar-refractivity contribution in [2.24, 2.45) is 0 Å². The number of hydrogen-bond donors (Lipinski definition) is 0. The fourth-order valence-corrected chi connectivity index (χ4v) is 0.553. The summed E-state index contributed by atoms with van der Waals surface area (Å²) >= 11 is 0. The summed E-state index contributed by atoms with van der Waals surface area (Å²) in [5, 5.41) is 8.33. The van der Waals surface area contributed by atoms with Gasteiger partial charge in [0, 0.05) is 5.69 Å². The minimum atomic E-state index is 0.426. The highest BCUT2D eigenvalue weighted by atomic mass is 14.7.